The molecule has 0 radical (unpaired) electrons. The Labute approximate surface area is 89.5 Å². The maximum atomic E-state index is 11.9. The van der Waals surface area contributed by atoms with E-state index in [2.05, 4.69) is 0 Å². The predicted molar refractivity (Wildman–Crippen MR) is 50.6 cm³/mol. The number of nitrogens with one attached hydrogen (secondary N) is 1. The zero-order valence-electron chi connectivity index (χ0n) is 8.22. The van der Waals surface area contributed by atoms with Crippen molar-refractivity contribution in [1.82, 2.24) is 0 Å². The topological polar surface area (TPSA) is 52.9 Å². The van der Waals surface area contributed by atoms with Crippen LogP contribution in [0.15, 0.2) is 18.2 Å². The van der Waals surface area contributed by atoms with Gasteiger partial charge in [0, 0.05) is 5.69 Å². The predicted octanol–water partition coefficient (Wildman–Crippen LogP) is 2.37. The van der Waals surface area contributed by atoms with E-state index in [0.29, 0.717) is 5.56 Å². The summed E-state index contributed by atoms with van der Waals surface area (Å²) >= 11 is 0. The number of amides is 1. The second kappa shape index (κ2) is 4.23. The SMILES string of the molecule is Cc1cc(C#N)cc(NC(=O)C(F)(F)F)c1. The molecule has 0 saturated carbocycles. The average Bonchev–Trinajstić information content (AvgIpc) is 2.15. The van der Waals surface area contributed by atoms with Crippen molar-refractivity contribution in [2.45, 2.75) is 13.1 Å². The minimum absolute atomic E-state index is 0.0427. The molecule has 0 unspecified atom stereocenters. The van der Waals surface area contributed by atoms with E-state index in [9.17, 15) is 18.0 Å². The number of hydrogen-bond acceptors (Lipinski definition) is 2. The number of nitriles is 1. The summed E-state index contributed by atoms with van der Waals surface area (Å²) in [5, 5.41) is 10.3. The number of anilines is 1. The normalized spacial score (nSPS) is 10.7. The first-order valence-corrected chi connectivity index (χ1v) is 4.23. The molecule has 0 aliphatic rings. The Hall–Kier alpha value is -2.03. The molecule has 0 bridgehead atoms. The molecule has 0 aliphatic carbocycles. The fourth-order valence-electron chi connectivity index (χ4n) is 1.12. The van der Waals surface area contributed by atoms with Crippen LogP contribution in [-0.2, 0) is 4.79 Å². The maximum absolute atomic E-state index is 11.9. The second-order valence-electron chi connectivity index (χ2n) is 3.15. The summed E-state index contributed by atoms with van der Waals surface area (Å²) in [7, 11) is 0. The first-order chi connectivity index (χ1) is 7.32. The molecule has 1 amide bonds. The number of nitrogens with zero attached hydrogens (tertiary/aromatic N) is 1. The largest absolute Gasteiger partial charge is 0.471 e. The summed E-state index contributed by atoms with van der Waals surface area (Å²) in [5.74, 6) is -2.05. The van der Waals surface area contributed by atoms with Crippen LogP contribution in [0.1, 0.15) is 11.1 Å². The van der Waals surface area contributed by atoms with Crippen LogP contribution in [0.4, 0.5) is 18.9 Å². The lowest BCUT2D eigenvalue weighted by Crippen LogP contribution is -2.29. The number of alkyl halides is 3. The highest BCUT2D eigenvalue weighted by atomic mass is 19.4. The van der Waals surface area contributed by atoms with Crippen molar-refractivity contribution >= 4 is 11.6 Å². The number of rotatable bonds is 1. The standard InChI is InChI=1S/C10H7F3N2O/c1-6-2-7(5-14)4-8(3-6)15-9(16)10(11,12)13/h2-4H,1H3,(H,15,16). The number of aryl methyl sites for hydroxylation is 1. The Balaban J connectivity index is 2.95. The van der Waals surface area contributed by atoms with Gasteiger partial charge in [-0.2, -0.15) is 18.4 Å². The first kappa shape index (κ1) is 12.0. The van der Waals surface area contributed by atoms with Crippen LogP contribution in [0.25, 0.3) is 0 Å². The van der Waals surface area contributed by atoms with Crippen molar-refractivity contribution in [3.63, 3.8) is 0 Å². The van der Waals surface area contributed by atoms with Crippen LogP contribution in [-0.4, -0.2) is 12.1 Å². The van der Waals surface area contributed by atoms with Gasteiger partial charge in [0.2, 0.25) is 0 Å². The van der Waals surface area contributed by atoms with E-state index >= 15 is 0 Å². The summed E-state index contributed by atoms with van der Waals surface area (Å²) < 4.78 is 35.8. The fraction of sp³-hybridized carbons (Fsp3) is 0.200. The third-order valence-corrected chi connectivity index (χ3v) is 1.72. The molecule has 16 heavy (non-hydrogen) atoms. The highest BCUT2D eigenvalue weighted by Gasteiger charge is 2.38. The summed E-state index contributed by atoms with van der Waals surface area (Å²) in [6, 6.07) is 5.82. The van der Waals surface area contributed by atoms with Gasteiger partial charge >= 0.3 is 12.1 Å². The maximum Gasteiger partial charge on any atom is 0.471 e. The highest BCUT2D eigenvalue weighted by molar-refractivity contribution is 5.95. The molecule has 1 aromatic rings. The molecule has 1 N–H and O–H groups in total. The Bertz CT molecular complexity index is 460. The molecule has 0 aromatic heterocycles. The van der Waals surface area contributed by atoms with E-state index < -0.39 is 12.1 Å². The van der Waals surface area contributed by atoms with Gasteiger partial charge in [-0.3, -0.25) is 4.79 Å². The van der Waals surface area contributed by atoms with Crippen molar-refractivity contribution in [3.05, 3.63) is 29.3 Å². The molecular weight excluding hydrogens is 221 g/mol. The molecule has 0 aliphatic heterocycles. The fourth-order valence-corrected chi connectivity index (χ4v) is 1.12. The van der Waals surface area contributed by atoms with E-state index in [0.717, 1.165) is 0 Å². The zero-order chi connectivity index (χ0) is 12.3. The van der Waals surface area contributed by atoms with Crippen LogP contribution < -0.4 is 5.32 Å². The minimum Gasteiger partial charge on any atom is -0.318 e. The van der Waals surface area contributed by atoms with Crippen LogP contribution in [0.2, 0.25) is 0 Å². The van der Waals surface area contributed by atoms with E-state index in [4.69, 9.17) is 5.26 Å². The van der Waals surface area contributed by atoms with Gasteiger partial charge in [-0.1, -0.05) is 0 Å². The van der Waals surface area contributed by atoms with E-state index in [1.54, 1.807) is 18.3 Å². The summed E-state index contributed by atoms with van der Waals surface area (Å²) in [6.07, 6.45) is -4.93. The summed E-state index contributed by atoms with van der Waals surface area (Å²) in [5.41, 5.74) is 0.743. The number of carbonyl (C=O) groups excluding carboxylic acids is 1. The minimum atomic E-state index is -4.93. The molecule has 84 valence electrons. The van der Waals surface area contributed by atoms with Crippen LogP contribution in [0.5, 0.6) is 0 Å². The van der Waals surface area contributed by atoms with Crippen LogP contribution >= 0.6 is 0 Å². The van der Waals surface area contributed by atoms with E-state index in [-0.39, 0.29) is 11.3 Å². The van der Waals surface area contributed by atoms with Gasteiger partial charge in [-0.25, -0.2) is 0 Å². The van der Waals surface area contributed by atoms with Gasteiger partial charge in [-0.05, 0) is 30.7 Å². The Kier molecular flexibility index (Phi) is 3.18. The molecular formula is C10H7F3N2O. The van der Waals surface area contributed by atoms with Crippen LogP contribution in [0, 0.1) is 18.3 Å². The molecule has 0 atom stereocenters. The van der Waals surface area contributed by atoms with Gasteiger partial charge in [0.25, 0.3) is 0 Å². The number of hydrogen-bond donors (Lipinski definition) is 1. The van der Waals surface area contributed by atoms with Gasteiger partial charge in [-0.15, -0.1) is 0 Å². The third kappa shape index (κ3) is 2.98. The van der Waals surface area contributed by atoms with E-state index in [1.165, 1.54) is 18.2 Å². The number of carbonyl (C=O) groups is 1. The van der Waals surface area contributed by atoms with Gasteiger partial charge in [0.1, 0.15) is 0 Å². The van der Waals surface area contributed by atoms with Gasteiger partial charge < -0.3 is 5.32 Å². The second-order valence-corrected chi connectivity index (χ2v) is 3.15. The van der Waals surface area contributed by atoms with Gasteiger partial charge in [0.15, 0.2) is 0 Å². The molecule has 0 saturated heterocycles. The Morgan fingerprint density at radius 1 is 1.38 bits per heavy atom. The lowest BCUT2D eigenvalue weighted by molar-refractivity contribution is -0.167. The van der Waals surface area contributed by atoms with E-state index in [1.807, 2.05) is 0 Å². The molecule has 0 spiro atoms. The van der Waals surface area contributed by atoms with Crippen molar-refractivity contribution in [2.24, 2.45) is 0 Å². The zero-order valence-corrected chi connectivity index (χ0v) is 8.22. The van der Waals surface area contributed by atoms with Crippen molar-refractivity contribution in [1.29, 1.82) is 5.26 Å². The lowest BCUT2D eigenvalue weighted by Gasteiger charge is -2.08. The molecule has 1 rings (SSSR count). The Morgan fingerprint density at radius 2 is 2.00 bits per heavy atom. The molecule has 0 heterocycles. The van der Waals surface area contributed by atoms with Crippen molar-refractivity contribution in [2.75, 3.05) is 5.32 Å². The van der Waals surface area contributed by atoms with Gasteiger partial charge in [0.05, 0.1) is 11.6 Å². The molecule has 3 nitrogen and oxygen atoms in total. The van der Waals surface area contributed by atoms with Crippen molar-refractivity contribution < 1.29 is 18.0 Å². The molecule has 6 heteroatoms. The highest BCUT2D eigenvalue weighted by Crippen LogP contribution is 2.19. The first-order valence-electron chi connectivity index (χ1n) is 4.23. The quantitative estimate of drug-likeness (QED) is 0.802. The monoisotopic (exact) mass is 228 g/mol. The smallest absolute Gasteiger partial charge is 0.318 e. The number of halogens is 3. The molecule has 1 aromatic carbocycles. The Morgan fingerprint density at radius 3 is 2.50 bits per heavy atom. The summed E-state index contributed by atoms with van der Waals surface area (Å²) in [4.78, 5) is 10.6. The lowest BCUT2D eigenvalue weighted by atomic mass is 10.1. The average molecular weight is 228 g/mol. The van der Waals surface area contributed by atoms with Crippen molar-refractivity contribution in [3.8, 4) is 6.07 Å². The summed E-state index contributed by atoms with van der Waals surface area (Å²) in [6.45, 7) is 1.62. The third-order valence-electron chi connectivity index (χ3n) is 1.72. The molecule has 0 fully saturated rings. The number of benzene rings is 1. The van der Waals surface area contributed by atoms with Crippen LogP contribution in [0.3, 0.4) is 0 Å².